The Labute approximate surface area is 118 Å². The SMILES string of the molecule is FC(F)(F)c1ccc2nc(NC3CCNCC3)sc2c1. The van der Waals surface area contributed by atoms with Crippen LogP contribution in [0, 0.1) is 0 Å². The number of fused-ring (bicyclic) bond motifs is 1. The Morgan fingerprint density at radius 3 is 2.70 bits per heavy atom. The fourth-order valence-electron chi connectivity index (χ4n) is 2.30. The molecule has 108 valence electrons. The maximum atomic E-state index is 12.7. The molecular weight excluding hydrogens is 287 g/mol. The van der Waals surface area contributed by atoms with E-state index in [1.54, 1.807) is 0 Å². The van der Waals surface area contributed by atoms with Gasteiger partial charge < -0.3 is 10.6 Å². The van der Waals surface area contributed by atoms with E-state index in [4.69, 9.17) is 0 Å². The average Bonchev–Trinajstić information content (AvgIpc) is 2.80. The number of piperidine rings is 1. The Morgan fingerprint density at radius 1 is 1.25 bits per heavy atom. The van der Waals surface area contributed by atoms with E-state index < -0.39 is 11.7 Å². The third-order valence-corrected chi connectivity index (χ3v) is 4.33. The lowest BCUT2D eigenvalue weighted by molar-refractivity contribution is -0.137. The van der Waals surface area contributed by atoms with Crippen molar-refractivity contribution >= 4 is 26.7 Å². The standard InChI is InChI=1S/C13H14F3N3S/c14-13(15,16)8-1-2-10-11(7-8)20-12(19-10)18-9-3-5-17-6-4-9/h1-2,7,9,17H,3-6H2,(H,18,19). The van der Waals surface area contributed by atoms with Crippen molar-refractivity contribution in [3.63, 3.8) is 0 Å². The minimum Gasteiger partial charge on any atom is -0.359 e. The second-order valence-electron chi connectivity index (χ2n) is 4.87. The summed E-state index contributed by atoms with van der Waals surface area (Å²) in [6, 6.07) is 4.03. The Morgan fingerprint density at radius 2 is 2.00 bits per heavy atom. The summed E-state index contributed by atoms with van der Waals surface area (Å²) in [4.78, 5) is 4.35. The van der Waals surface area contributed by atoms with Gasteiger partial charge in [0.05, 0.1) is 15.8 Å². The number of nitrogens with one attached hydrogen (secondary N) is 2. The molecule has 1 fully saturated rings. The van der Waals surface area contributed by atoms with E-state index in [0.717, 1.165) is 32.0 Å². The van der Waals surface area contributed by atoms with Crippen molar-refractivity contribution < 1.29 is 13.2 Å². The summed E-state index contributed by atoms with van der Waals surface area (Å²) in [5.74, 6) is 0. The molecule has 0 radical (unpaired) electrons. The summed E-state index contributed by atoms with van der Waals surface area (Å²) in [5.41, 5.74) is -0.0125. The molecule has 0 spiro atoms. The number of benzene rings is 1. The Balaban J connectivity index is 1.83. The number of hydrogen-bond donors (Lipinski definition) is 2. The third kappa shape index (κ3) is 2.88. The monoisotopic (exact) mass is 301 g/mol. The minimum atomic E-state index is -4.30. The van der Waals surface area contributed by atoms with Crippen LogP contribution in [-0.2, 0) is 6.18 Å². The normalized spacial score (nSPS) is 17.6. The average molecular weight is 301 g/mol. The van der Waals surface area contributed by atoms with Crippen LogP contribution in [0.4, 0.5) is 18.3 Å². The Bertz CT molecular complexity index is 602. The predicted octanol–water partition coefficient (Wildman–Crippen LogP) is 3.48. The number of nitrogens with zero attached hydrogens (tertiary/aromatic N) is 1. The second-order valence-corrected chi connectivity index (χ2v) is 5.90. The Kier molecular flexibility index (Phi) is 3.55. The first-order valence-corrected chi connectivity index (χ1v) is 7.29. The Hall–Kier alpha value is -1.34. The zero-order chi connectivity index (χ0) is 14.2. The molecule has 0 bridgehead atoms. The van der Waals surface area contributed by atoms with E-state index >= 15 is 0 Å². The minimum absolute atomic E-state index is 0.346. The summed E-state index contributed by atoms with van der Waals surface area (Å²) in [6.07, 6.45) is -2.30. The number of thiazole rings is 1. The van der Waals surface area contributed by atoms with Crippen LogP contribution in [-0.4, -0.2) is 24.1 Å². The van der Waals surface area contributed by atoms with Gasteiger partial charge in [-0.25, -0.2) is 4.98 Å². The van der Waals surface area contributed by atoms with Gasteiger partial charge in [-0.15, -0.1) is 0 Å². The van der Waals surface area contributed by atoms with Crippen LogP contribution in [0.15, 0.2) is 18.2 Å². The van der Waals surface area contributed by atoms with E-state index in [1.165, 1.54) is 23.5 Å². The molecule has 1 saturated heterocycles. The van der Waals surface area contributed by atoms with E-state index in [9.17, 15) is 13.2 Å². The molecule has 1 aromatic heterocycles. The number of hydrogen-bond acceptors (Lipinski definition) is 4. The molecular formula is C13H14F3N3S. The van der Waals surface area contributed by atoms with Crippen molar-refractivity contribution in [2.24, 2.45) is 0 Å². The first kappa shape index (κ1) is 13.6. The van der Waals surface area contributed by atoms with Gasteiger partial charge in [-0.05, 0) is 44.1 Å². The zero-order valence-electron chi connectivity index (χ0n) is 10.6. The fourth-order valence-corrected chi connectivity index (χ4v) is 3.29. The van der Waals surface area contributed by atoms with Crippen molar-refractivity contribution in [3.8, 4) is 0 Å². The molecule has 1 aliphatic heterocycles. The molecule has 1 aromatic carbocycles. The highest BCUT2D eigenvalue weighted by Gasteiger charge is 2.30. The smallest absolute Gasteiger partial charge is 0.359 e. The molecule has 1 aliphatic rings. The number of alkyl halides is 3. The van der Waals surface area contributed by atoms with Gasteiger partial charge in [0, 0.05) is 6.04 Å². The predicted molar refractivity (Wildman–Crippen MR) is 74.1 cm³/mol. The quantitative estimate of drug-likeness (QED) is 0.891. The molecule has 0 saturated carbocycles. The summed E-state index contributed by atoms with van der Waals surface area (Å²) < 4.78 is 38.5. The van der Waals surface area contributed by atoms with Gasteiger partial charge in [0.1, 0.15) is 0 Å². The lowest BCUT2D eigenvalue weighted by Gasteiger charge is -2.23. The van der Waals surface area contributed by atoms with Crippen molar-refractivity contribution in [1.29, 1.82) is 0 Å². The van der Waals surface area contributed by atoms with E-state index in [1.807, 2.05) is 0 Å². The fraction of sp³-hybridized carbons (Fsp3) is 0.462. The highest BCUT2D eigenvalue weighted by molar-refractivity contribution is 7.22. The first-order chi connectivity index (χ1) is 9.52. The van der Waals surface area contributed by atoms with Crippen molar-refractivity contribution in [3.05, 3.63) is 23.8 Å². The van der Waals surface area contributed by atoms with Crippen LogP contribution in [0.25, 0.3) is 10.2 Å². The lowest BCUT2D eigenvalue weighted by Crippen LogP contribution is -2.35. The van der Waals surface area contributed by atoms with E-state index in [2.05, 4.69) is 15.6 Å². The molecule has 7 heteroatoms. The number of aromatic nitrogens is 1. The van der Waals surface area contributed by atoms with E-state index in [0.29, 0.717) is 21.4 Å². The van der Waals surface area contributed by atoms with Gasteiger partial charge in [-0.2, -0.15) is 13.2 Å². The molecule has 2 N–H and O–H groups in total. The maximum Gasteiger partial charge on any atom is 0.416 e. The van der Waals surface area contributed by atoms with Gasteiger partial charge in [0.15, 0.2) is 5.13 Å². The van der Waals surface area contributed by atoms with Crippen LogP contribution < -0.4 is 10.6 Å². The summed E-state index contributed by atoms with van der Waals surface area (Å²) >= 11 is 1.28. The van der Waals surface area contributed by atoms with Crippen LogP contribution in [0.3, 0.4) is 0 Å². The van der Waals surface area contributed by atoms with Crippen LogP contribution in [0.5, 0.6) is 0 Å². The van der Waals surface area contributed by atoms with Gasteiger partial charge in [0.25, 0.3) is 0 Å². The number of halogens is 3. The molecule has 0 unspecified atom stereocenters. The zero-order valence-corrected chi connectivity index (χ0v) is 11.4. The summed E-state index contributed by atoms with van der Waals surface area (Å²) in [7, 11) is 0. The van der Waals surface area contributed by atoms with Crippen molar-refractivity contribution in [2.75, 3.05) is 18.4 Å². The molecule has 0 amide bonds. The second kappa shape index (κ2) is 5.21. The molecule has 0 aliphatic carbocycles. The van der Waals surface area contributed by atoms with Crippen LogP contribution in [0.2, 0.25) is 0 Å². The highest BCUT2D eigenvalue weighted by atomic mass is 32.1. The molecule has 0 atom stereocenters. The third-order valence-electron chi connectivity index (χ3n) is 3.38. The van der Waals surface area contributed by atoms with E-state index in [-0.39, 0.29) is 0 Å². The van der Waals surface area contributed by atoms with Gasteiger partial charge in [0.2, 0.25) is 0 Å². The van der Waals surface area contributed by atoms with Crippen molar-refractivity contribution in [2.45, 2.75) is 25.1 Å². The summed E-state index contributed by atoms with van der Waals surface area (Å²) in [5, 5.41) is 7.28. The molecule has 3 nitrogen and oxygen atoms in total. The molecule has 20 heavy (non-hydrogen) atoms. The van der Waals surface area contributed by atoms with Crippen LogP contribution >= 0.6 is 11.3 Å². The molecule has 2 heterocycles. The topological polar surface area (TPSA) is 37.0 Å². The largest absolute Gasteiger partial charge is 0.416 e. The number of rotatable bonds is 2. The molecule has 2 aromatic rings. The highest BCUT2D eigenvalue weighted by Crippen LogP contribution is 2.34. The van der Waals surface area contributed by atoms with Gasteiger partial charge in [-0.3, -0.25) is 0 Å². The van der Waals surface area contributed by atoms with Gasteiger partial charge >= 0.3 is 6.18 Å². The lowest BCUT2D eigenvalue weighted by atomic mass is 10.1. The maximum absolute atomic E-state index is 12.7. The first-order valence-electron chi connectivity index (χ1n) is 6.47. The number of anilines is 1. The van der Waals surface area contributed by atoms with Gasteiger partial charge in [-0.1, -0.05) is 11.3 Å². The van der Waals surface area contributed by atoms with Crippen molar-refractivity contribution in [1.82, 2.24) is 10.3 Å². The summed E-state index contributed by atoms with van der Waals surface area (Å²) in [6.45, 7) is 1.92. The van der Waals surface area contributed by atoms with Crippen LogP contribution in [0.1, 0.15) is 18.4 Å². The molecule has 3 rings (SSSR count).